The smallest absolute Gasteiger partial charge is 0.128 e. The molecule has 0 aliphatic carbocycles. The lowest BCUT2D eigenvalue weighted by Crippen LogP contribution is -2.34. The van der Waals surface area contributed by atoms with E-state index >= 15 is 0 Å². The normalized spacial score (nSPS) is 16.6. The molecular formula is C16H27N3O. The molecule has 1 aromatic heterocycles. The van der Waals surface area contributed by atoms with Gasteiger partial charge in [-0.15, -0.1) is 0 Å². The first-order valence-corrected chi connectivity index (χ1v) is 7.73. The maximum Gasteiger partial charge on any atom is 0.128 e. The summed E-state index contributed by atoms with van der Waals surface area (Å²) in [6.07, 6.45) is 5.91. The first-order chi connectivity index (χ1) is 9.83. The van der Waals surface area contributed by atoms with E-state index in [1.807, 2.05) is 6.20 Å². The summed E-state index contributed by atoms with van der Waals surface area (Å²) < 4.78 is 5.01. The van der Waals surface area contributed by atoms with E-state index < -0.39 is 0 Å². The van der Waals surface area contributed by atoms with E-state index in [-0.39, 0.29) is 0 Å². The Morgan fingerprint density at radius 2 is 2.15 bits per heavy atom. The van der Waals surface area contributed by atoms with Crippen molar-refractivity contribution < 1.29 is 4.74 Å². The molecule has 2 heterocycles. The van der Waals surface area contributed by atoms with Crippen LogP contribution in [0.25, 0.3) is 0 Å². The standard InChI is InChI=1S/C16H27N3O/c1-3-14-6-9-19(10-7-14)16-5-4-15(13-18-16)12-17-8-11-20-2/h4-5,13-14,17H,3,6-12H2,1-2H3. The number of piperidine rings is 1. The van der Waals surface area contributed by atoms with Gasteiger partial charge < -0.3 is 15.0 Å². The summed E-state index contributed by atoms with van der Waals surface area (Å²) in [6, 6.07) is 4.33. The van der Waals surface area contributed by atoms with Crippen LogP contribution in [0.2, 0.25) is 0 Å². The van der Waals surface area contributed by atoms with Crippen LogP contribution >= 0.6 is 0 Å². The Morgan fingerprint density at radius 3 is 2.75 bits per heavy atom. The highest BCUT2D eigenvalue weighted by Gasteiger charge is 2.18. The lowest BCUT2D eigenvalue weighted by Gasteiger charge is -2.32. The van der Waals surface area contributed by atoms with Crippen LogP contribution < -0.4 is 10.2 Å². The van der Waals surface area contributed by atoms with Crippen molar-refractivity contribution in [2.24, 2.45) is 5.92 Å². The van der Waals surface area contributed by atoms with Crippen LogP contribution in [0.4, 0.5) is 5.82 Å². The number of ether oxygens (including phenoxy) is 1. The molecule has 20 heavy (non-hydrogen) atoms. The molecule has 1 aliphatic heterocycles. The van der Waals surface area contributed by atoms with Crippen LogP contribution in [0.1, 0.15) is 31.7 Å². The molecule has 0 spiro atoms. The Bertz CT molecular complexity index is 372. The first kappa shape index (κ1) is 15.3. The third-order valence-electron chi connectivity index (χ3n) is 4.14. The summed E-state index contributed by atoms with van der Waals surface area (Å²) in [5.74, 6) is 2.04. The third-order valence-corrected chi connectivity index (χ3v) is 4.14. The van der Waals surface area contributed by atoms with Gasteiger partial charge in [-0.25, -0.2) is 4.98 Å². The molecule has 0 unspecified atom stereocenters. The van der Waals surface area contributed by atoms with Gasteiger partial charge in [0.1, 0.15) is 5.82 Å². The van der Waals surface area contributed by atoms with Gasteiger partial charge in [-0.3, -0.25) is 0 Å². The van der Waals surface area contributed by atoms with Crippen LogP contribution in [0, 0.1) is 5.92 Å². The molecule has 1 fully saturated rings. The van der Waals surface area contributed by atoms with Crippen LogP contribution in [0.3, 0.4) is 0 Å². The number of hydrogen-bond donors (Lipinski definition) is 1. The van der Waals surface area contributed by atoms with Crippen LogP contribution in [0.5, 0.6) is 0 Å². The van der Waals surface area contributed by atoms with Gasteiger partial charge in [-0.2, -0.15) is 0 Å². The average molecular weight is 277 g/mol. The molecule has 112 valence electrons. The van der Waals surface area contributed by atoms with Crippen molar-refractivity contribution in [2.45, 2.75) is 32.7 Å². The zero-order valence-electron chi connectivity index (χ0n) is 12.8. The quantitative estimate of drug-likeness (QED) is 0.777. The van der Waals surface area contributed by atoms with Crippen LogP contribution in [-0.4, -0.2) is 38.3 Å². The number of pyridine rings is 1. The minimum Gasteiger partial charge on any atom is -0.383 e. The topological polar surface area (TPSA) is 37.4 Å². The second-order valence-corrected chi connectivity index (χ2v) is 5.53. The monoisotopic (exact) mass is 277 g/mol. The zero-order chi connectivity index (χ0) is 14.2. The molecule has 1 aliphatic rings. The average Bonchev–Trinajstić information content (AvgIpc) is 2.52. The van der Waals surface area contributed by atoms with E-state index in [9.17, 15) is 0 Å². The Balaban J connectivity index is 1.79. The minimum atomic E-state index is 0.748. The van der Waals surface area contributed by atoms with E-state index in [4.69, 9.17) is 4.74 Å². The molecule has 0 atom stereocenters. The predicted octanol–water partition coefficient (Wildman–Crippen LogP) is 2.44. The van der Waals surface area contributed by atoms with Gasteiger partial charge in [0.05, 0.1) is 6.61 Å². The lowest BCUT2D eigenvalue weighted by molar-refractivity contribution is 0.199. The Hall–Kier alpha value is -1.13. The zero-order valence-corrected chi connectivity index (χ0v) is 12.8. The summed E-state index contributed by atoms with van der Waals surface area (Å²) in [6.45, 7) is 7.08. The van der Waals surface area contributed by atoms with Gasteiger partial charge in [-0.05, 0) is 30.4 Å². The highest BCUT2D eigenvalue weighted by molar-refractivity contribution is 5.39. The fraction of sp³-hybridized carbons (Fsp3) is 0.688. The van der Waals surface area contributed by atoms with Gasteiger partial charge >= 0.3 is 0 Å². The highest BCUT2D eigenvalue weighted by Crippen LogP contribution is 2.23. The van der Waals surface area contributed by atoms with Gasteiger partial charge in [0.2, 0.25) is 0 Å². The van der Waals surface area contributed by atoms with Crippen molar-refractivity contribution in [1.82, 2.24) is 10.3 Å². The SMILES string of the molecule is CCC1CCN(c2ccc(CNCCOC)cn2)CC1. The number of anilines is 1. The second-order valence-electron chi connectivity index (χ2n) is 5.53. The predicted molar refractivity (Wildman–Crippen MR) is 83.0 cm³/mol. The maximum atomic E-state index is 5.01. The molecule has 0 saturated carbocycles. The van der Waals surface area contributed by atoms with Gasteiger partial charge in [0.15, 0.2) is 0 Å². The fourth-order valence-electron chi connectivity index (χ4n) is 2.69. The molecule has 0 aromatic carbocycles. The van der Waals surface area contributed by atoms with Gasteiger partial charge in [0.25, 0.3) is 0 Å². The molecule has 1 saturated heterocycles. The van der Waals surface area contributed by atoms with E-state index in [1.54, 1.807) is 7.11 Å². The third kappa shape index (κ3) is 4.46. The van der Waals surface area contributed by atoms with E-state index in [0.717, 1.165) is 44.5 Å². The van der Waals surface area contributed by atoms with Crippen molar-refractivity contribution in [1.29, 1.82) is 0 Å². The first-order valence-electron chi connectivity index (χ1n) is 7.73. The molecule has 0 amide bonds. The summed E-state index contributed by atoms with van der Waals surface area (Å²) >= 11 is 0. The van der Waals surface area contributed by atoms with Crippen LogP contribution in [0.15, 0.2) is 18.3 Å². The van der Waals surface area contributed by atoms with Crippen molar-refractivity contribution in [3.8, 4) is 0 Å². The van der Waals surface area contributed by atoms with Gasteiger partial charge in [-0.1, -0.05) is 19.4 Å². The highest BCUT2D eigenvalue weighted by atomic mass is 16.5. The number of methoxy groups -OCH3 is 1. The van der Waals surface area contributed by atoms with E-state index in [1.165, 1.54) is 24.8 Å². The Labute approximate surface area is 122 Å². The molecular weight excluding hydrogens is 250 g/mol. The number of rotatable bonds is 7. The van der Waals surface area contributed by atoms with Crippen molar-refractivity contribution in [3.05, 3.63) is 23.9 Å². The molecule has 1 aromatic rings. The second kappa shape index (κ2) is 8.22. The Kier molecular flexibility index (Phi) is 6.27. The molecule has 0 bridgehead atoms. The van der Waals surface area contributed by atoms with Gasteiger partial charge in [0, 0.05) is 39.5 Å². The summed E-state index contributed by atoms with van der Waals surface area (Å²) in [5, 5.41) is 3.34. The number of hydrogen-bond acceptors (Lipinski definition) is 4. The lowest BCUT2D eigenvalue weighted by atomic mass is 9.94. The van der Waals surface area contributed by atoms with E-state index in [2.05, 4.69) is 34.3 Å². The minimum absolute atomic E-state index is 0.748. The van der Waals surface area contributed by atoms with E-state index in [0.29, 0.717) is 0 Å². The Morgan fingerprint density at radius 1 is 1.35 bits per heavy atom. The summed E-state index contributed by atoms with van der Waals surface area (Å²) in [5.41, 5.74) is 1.23. The van der Waals surface area contributed by atoms with Crippen molar-refractivity contribution in [3.63, 3.8) is 0 Å². The van der Waals surface area contributed by atoms with Crippen molar-refractivity contribution >= 4 is 5.82 Å². The molecule has 1 N–H and O–H groups in total. The number of aromatic nitrogens is 1. The summed E-state index contributed by atoms with van der Waals surface area (Å²) in [7, 11) is 1.72. The number of nitrogens with one attached hydrogen (secondary N) is 1. The number of nitrogens with zero attached hydrogens (tertiary/aromatic N) is 2. The molecule has 4 heteroatoms. The molecule has 0 radical (unpaired) electrons. The van der Waals surface area contributed by atoms with Crippen LogP contribution in [-0.2, 0) is 11.3 Å². The molecule has 4 nitrogen and oxygen atoms in total. The maximum absolute atomic E-state index is 5.01. The van der Waals surface area contributed by atoms with Crippen molar-refractivity contribution in [2.75, 3.05) is 38.3 Å². The summed E-state index contributed by atoms with van der Waals surface area (Å²) in [4.78, 5) is 7.02. The molecule has 2 rings (SSSR count). The largest absolute Gasteiger partial charge is 0.383 e. The fourth-order valence-corrected chi connectivity index (χ4v) is 2.69.